The average Bonchev–Trinajstić information content (AvgIpc) is 2.62. The lowest BCUT2D eigenvalue weighted by molar-refractivity contribution is -0.385. The smallest absolute Gasteiger partial charge is 0.286 e. The lowest BCUT2D eigenvalue weighted by Gasteiger charge is -2.11. The maximum atomic E-state index is 12.4. The van der Waals surface area contributed by atoms with Crippen LogP contribution >= 0.6 is 0 Å². The molecule has 2 aromatic rings. The van der Waals surface area contributed by atoms with E-state index in [0.717, 1.165) is 6.07 Å². The molecule has 0 saturated heterocycles. The van der Waals surface area contributed by atoms with Crippen LogP contribution in [0.15, 0.2) is 29.3 Å². The zero-order chi connectivity index (χ0) is 19.3. The van der Waals surface area contributed by atoms with Crippen LogP contribution in [0.1, 0.15) is 16.1 Å². The van der Waals surface area contributed by atoms with E-state index >= 15 is 0 Å². The first-order valence-electron chi connectivity index (χ1n) is 7.59. The van der Waals surface area contributed by atoms with Gasteiger partial charge < -0.3 is 14.8 Å². The van der Waals surface area contributed by atoms with Gasteiger partial charge in [-0.2, -0.15) is 0 Å². The molecule has 0 fully saturated rings. The van der Waals surface area contributed by atoms with Crippen molar-refractivity contribution in [2.24, 2.45) is 0 Å². The highest BCUT2D eigenvalue weighted by molar-refractivity contribution is 5.99. The van der Waals surface area contributed by atoms with E-state index in [-0.39, 0.29) is 35.7 Å². The summed E-state index contributed by atoms with van der Waals surface area (Å²) in [6, 6.07) is 3.75. The molecule has 0 atom stereocenters. The number of benzene rings is 1. The van der Waals surface area contributed by atoms with E-state index in [2.05, 4.69) is 10.3 Å². The first-order valence-corrected chi connectivity index (χ1v) is 7.59. The third-order valence-corrected chi connectivity index (χ3v) is 3.60. The monoisotopic (exact) mass is 362 g/mol. The summed E-state index contributed by atoms with van der Waals surface area (Å²) in [4.78, 5) is 38.7. The fourth-order valence-electron chi connectivity index (χ4n) is 2.27. The van der Waals surface area contributed by atoms with Gasteiger partial charge in [-0.15, -0.1) is 0 Å². The summed E-state index contributed by atoms with van der Waals surface area (Å²) >= 11 is 0. The van der Waals surface area contributed by atoms with Crippen molar-refractivity contribution in [3.63, 3.8) is 0 Å². The van der Waals surface area contributed by atoms with E-state index in [4.69, 9.17) is 9.47 Å². The number of hydrogen-bond donors (Lipinski definition) is 1. The summed E-state index contributed by atoms with van der Waals surface area (Å²) < 4.78 is 11.4. The summed E-state index contributed by atoms with van der Waals surface area (Å²) in [5, 5.41) is 13.8. The number of nitrogens with one attached hydrogen (secondary N) is 1. The molecule has 0 spiro atoms. The van der Waals surface area contributed by atoms with Crippen molar-refractivity contribution in [1.82, 2.24) is 14.9 Å². The van der Waals surface area contributed by atoms with Crippen molar-refractivity contribution in [1.29, 1.82) is 0 Å². The molecule has 10 nitrogen and oxygen atoms in total. The van der Waals surface area contributed by atoms with E-state index in [1.54, 1.807) is 6.92 Å². The molecule has 1 amide bonds. The second-order valence-electron chi connectivity index (χ2n) is 5.30. The van der Waals surface area contributed by atoms with Crippen LogP contribution in [-0.2, 0) is 6.54 Å². The lowest BCUT2D eigenvalue weighted by Crippen LogP contribution is -2.31. The summed E-state index contributed by atoms with van der Waals surface area (Å²) in [6.07, 6.45) is 1.38. The number of nitrogens with zero attached hydrogens (tertiary/aromatic N) is 3. The summed E-state index contributed by atoms with van der Waals surface area (Å²) in [5.41, 5.74) is -0.226. The van der Waals surface area contributed by atoms with Crippen molar-refractivity contribution >= 4 is 11.6 Å². The molecular weight excluding hydrogens is 344 g/mol. The SMILES string of the molecule is COc1cc(C(=O)NCCn2cnc(C)cc2=O)c([N+](=O)[O-])cc1OC. The predicted molar refractivity (Wildman–Crippen MR) is 91.8 cm³/mol. The summed E-state index contributed by atoms with van der Waals surface area (Å²) in [7, 11) is 2.71. The van der Waals surface area contributed by atoms with Crippen molar-refractivity contribution < 1.29 is 19.2 Å². The third kappa shape index (κ3) is 4.15. The molecule has 0 radical (unpaired) electrons. The Kier molecular flexibility index (Phi) is 5.89. The Morgan fingerprint density at radius 2 is 1.92 bits per heavy atom. The first-order chi connectivity index (χ1) is 12.4. The fraction of sp³-hybridized carbons (Fsp3) is 0.312. The van der Waals surface area contributed by atoms with Crippen molar-refractivity contribution in [3.8, 4) is 11.5 Å². The molecule has 0 aliphatic carbocycles. The number of carbonyl (C=O) groups excluding carboxylic acids is 1. The Hall–Kier alpha value is -3.43. The first kappa shape index (κ1) is 18.9. The molecule has 0 aliphatic rings. The maximum absolute atomic E-state index is 12.4. The number of ether oxygens (including phenoxy) is 2. The van der Waals surface area contributed by atoms with E-state index in [9.17, 15) is 19.7 Å². The molecule has 1 N–H and O–H groups in total. The van der Waals surface area contributed by atoms with Crippen LogP contribution in [0.2, 0.25) is 0 Å². The molecular formula is C16H18N4O6. The molecule has 10 heteroatoms. The van der Waals surface area contributed by atoms with Gasteiger partial charge in [-0.25, -0.2) is 4.98 Å². The molecule has 0 bridgehead atoms. The molecule has 0 saturated carbocycles. The molecule has 26 heavy (non-hydrogen) atoms. The highest BCUT2D eigenvalue weighted by Crippen LogP contribution is 2.34. The molecule has 138 valence electrons. The van der Waals surface area contributed by atoms with E-state index in [1.165, 1.54) is 37.2 Å². The normalized spacial score (nSPS) is 10.3. The third-order valence-electron chi connectivity index (χ3n) is 3.60. The summed E-state index contributed by atoms with van der Waals surface area (Å²) in [6.45, 7) is 1.97. The van der Waals surface area contributed by atoms with Gasteiger partial charge >= 0.3 is 0 Å². The number of aryl methyl sites for hydroxylation is 1. The van der Waals surface area contributed by atoms with Crippen LogP contribution in [0, 0.1) is 17.0 Å². The standard InChI is InChI=1S/C16H18N4O6/c1-10-6-15(21)19(9-18-10)5-4-17-16(22)11-7-13(25-2)14(26-3)8-12(11)20(23)24/h6-9H,4-5H2,1-3H3,(H,17,22). The van der Waals surface area contributed by atoms with Crippen LogP contribution in [-0.4, -0.2) is 41.1 Å². The van der Waals surface area contributed by atoms with Gasteiger partial charge in [-0.1, -0.05) is 0 Å². The number of methoxy groups -OCH3 is 2. The van der Waals surface area contributed by atoms with Crippen LogP contribution in [0.25, 0.3) is 0 Å². The number of nitro groups is 1. The van der Waals surface area contributed by atoms with E-state index in [1.807, 2.05) is 0 Å². The topological polar surface area (TPSA) is 126 Å². The van der Waals surface area contributed by atoms with E-state index in [0.29, 0.717) is 5.69 Å². The van der Waals surface area contributed by atoms with Gasteiger partial charge in [0.1, 0.15) is 5.56 Å². The number of hydrogen-bond acceptors (Lipinski definition) is 7. The Balaban J connectivity index is 2.18. The Morgan fingerprint density at radius 3 is 2.50 bits per heavy atom. The van der Waals surface area contributed by atoms with Gasteiger partial charge in [0.2, 0.25) is 0 Å². The van der Waals surface area contributed by atoms with Gasteiger partial charge in [0.15, 0.2) is 11.5 Å². The Labute approximate surface area is 148 Å². The van der Waals surface area contributed by atoms with Crippen molar-refractivity contribution in [2.45, 2.75) is 13.5 Å². The Morgan fingerprint density at radius 1 is 1.27 bits per heavy atom. The van der Waals surface area contributed by atoms with Gasteiger partial charge in [-0.3, -0.25) is 24.3 Å². The molecule has 1 aromatic carbocycles. The largest absolute Gasteiger partial charge is 0.493 e. The fourth-order valence-corrected chi connectivity index (χ4v) is 2.27. The molecule has 1 heterocycles. The number of nitro benzene ring substituents is 1. The minimum atomic E-state index is -0.675. The predicted octanol–water partition coefficient (Wildman–Crippen LogP) is 0.907. The highest BCUT2D eigenvalue weighted by Gasteiger charge is 2.24. The highest BCUT2D eigenvalue weighted by atomic mass is 16.6. The van der Waals surface area contributed by atoms with Crippen LogP contribution in [0.4, 0.5) is 5.69 Å². The second kappa shape index (κ2) is 8.10. The molecule has 1 aromatic heterocycles. The molecule has 0 unspecified atom stereocenters. The minimum Gasteiger partial charge on any atom is -0.493 e. The van der Waals surface area contributed by atoms with Crippen LogP contribution in [0.3, 0.4) is 0 Å². The minimum absolute atomic E-state index is 0.0922. The number of aromatic nitrogens is 2. The zero-order valence-corrected chi connectivity index (χ0v) is 14.5. The zero-order valence-electron chi connectivity index (χ0n) is 14.5. The quantitative estimate of drug-likeness (QED) is 0.573. The van der Waals surface area contributed by atoms with Crippen LogP contribution < -0.4 is 20.3 Å². The average molecular weight is 362 g/mol. The van der Waals surface area contributed by atoms with Gasteiger partial charge in [0, 0.05) is 30.9 Å². The lowest BCUT2D eigenvalue weighted by atomic mass is 10.1. The number of amides is 1. The Bertz CT molecular complexity index is 893. The number of rotatable bonds is 7. The van der Waals surface area contributed by atoms with Crippen LogP contribution in [0.5, 0.6) is 11.5 Å². The molecule has 2 rings (SSSR count). The van der Waals surface area contributed by atoms with Gasteiger partial charge in [-0.05, 0) is 6.92 Å². The van der Waals surface area contributed by atoms with E-state index < -0.39 is 16.5 Å². The van der Waals surface area contributed by atoms with Gasteiger partial charge in [0.25, 0.3) is 17.2 Å². The van der Waals surface area contributed by atoms with Crippen molar-refractivity contribution in [3.05, 3.63) is 56.3 Å². The maximum Gasteiger partial charge on any atom is 0.286 e. The summed E-state index contributed by atoms with van der Waals surface area (Å²) in [5.74, 6) is -0.319. The van der Waals surface area contributed by atoms with Crippen molar-refractivity contribution in [2.75, 3.05) is 20.8 Å². The van der Waals surface area contributed by atoms with Gasteiger partial charge in [0.05, 0.1) is 31.5 Å². The second-order valence-corrected chi connectivity index (χ2v) is 5.30. The number of carbonyl (C=O) groups is 1. The molecule has 0 aliphatic heterocycles.